The van der Waals surface area contributed by atoms with E-state index in [4.69, 9.17) is 16.3 Å². The molecule has 1 N–H and O–H groups in total. The van der Waals surface area contributed by atoms with E-state index in [1.165, 1.54) is 5.56 Å². The molecule has 1 aromatic rings. The summed E-state index contributed by atoms with van der Waals surface area (Å²) in [6.45, 7) is 7.58. The van der Waals surface area contributed by atoms with E-state index >= 15 is 0 Å². The number of rotatable bonds is 9. The third-order valence-corrected chi connectivity index (χ3v) is 4.63. The summed E-state index contributed by atoms with van der Waals surface area (Å²) in [4.78, 5) is 0. The van der Waals surface area contributed by atoms with Crippen molar-refractivity contribution in [2.75, 3.05) is 13.7 Å². The van der Waals surface area contributed by atoms with Gasteiger partial charge in [-0.1, -0.05) is 50.6 Å². The number of hydrogen-bond acceptors (Lipinski definition) is 2. The van der Waals surface area contributed by atoms with Gasteiger partial charge in [0.25, 0.3) is 0 Å². The molecular weight excluding hydrogens is 270 g/mol. The van der Waals surface area contributed by atoms with Crippen molar-refractivity contribution in [3.05, 3.63) is 34.9 Å². The Morgan fingerprint density at radius 1 is 1.20 bits per heavy atom. The van der Waals surface area contributed by atoms with Gasteiger partial charge in [0.1, 0.15) is 0 Å². The Bertz CT molecular complexity index is 382. The van der Waals surface area contributed by atoms with Gasteiger partial charge in [0.05, 0.1) is 5.60 Å². The highest BCUT2D eigenvalue weighted by Crippen LogP contribution is 2.28. The molecule has 1 rings (SSSR count). The third-order valence-electron chi connectivity index (χ3n) is 4.26. The van der Waals surface area contributed by atoms with Crippen LogP contribution in [0.4, 0.5) is 0 Å². The zero-order valence-corrected chi connectivity index (χ0v) is 14.0. The first kappa shape index (κ1) is 17.5. The third kappa shape index (κ3) is 4.21. The Morgan fingerprint density at radius 3 is 2.35 bits per heavy atom. The van der Waals surface area contributed by atoms with Gasteiger partial charge in [-0.15, -0.1) is 0 Å². The zero-order valence-electron chi connectivity index (χ0n) is 13.2. The standard InChI is InChI=1S/C17H28ClNO/c1-5-12-19-16(17(6-2,7-3)20-4)13-14-10-8-9-11-15(14)18/h8-11,16,19H,5-7,12-13H2,1-4H3. The Labute approximate surface area is 128 Å². The van der Waals surface area contributed by atoms with Gasteiger partial charge < -0.3 is 10.1 Å². The van der Waals surface area contributed by atoms with E-state index in [0.717, 1.165) is 37.3 Å². The lowest BCUT2D eigenvalue weighted by Gasteiger charge is -2.39. The van der Waals surface area contributed by atoms with Crippen molar-refractivity contribution in [3.63, 3.8) is 0 Å². The van der Waals surface area contributed by atoms with Crippen molar-refractivity contribution < 1.29 is 4.74 Å². The van der Waals surface area contributed by atoms with Crippen molar-refractivity contribution in [1.82, 2.24) is 5.32 Å². The topological polar surface area (TPSA) is 21.3 Å². The molecule has 0 fully saturated rings. The molecule has 3 heteroatoms. The van der Waals surface area contributed by atoms with Gasteiger partial charge in [0.15, 0.2) is 0 Å². The molecule has 0 saturated carbocycles. The fraction of sp³-hybridized carbons (Fsp3) is 0.647. The second-order valence-electron chi connectivity index (χ2n) is 5.28. The molecule has 20 heavy (non-hydrogen) atoms. The Morgan fingerprint density at radius 2 is 1.85 bits per heavy atom. The van der Waals surface area contributed by atoms with Crippen LogP contribution in [0.3, 0.4) is 0 Å². The van der Waals surface area contributed by atoms with Gasteiger partial charge in [0.2, 0.25) is 0 Å². The van der Waals surface area contributed by atoms with E-state index < -0.39 is 0 Å². The Balaban J connectivity index is 2.96. The van der Waals surface area contributed by atoms with E-state index in [0.29, 0.717) is 0 Å². The molecular formula is C17H28ClNO. The lowest BCUT2D eigenvalue weighted by molar-refractivity contribution is -0.0471. The van der Waals surface area contributed by atoms with Crippen LogP contribution in [0.15, 0.2) is 24.3 Å². The van der Waals surface area contributed by atoms with Crippen LogP contribution in [0.25, 0.3) is 0 Å². The smallest absolute Gasteiger partial charge is 0.0828 e. The van der Waals surface area contributed by atoms with E-state index in [-0.39, 0.29) is 11.6 Å². The van der Waals surface area contributed by atoms with Gasteiger partial charge in [0, 0.05) is 18.2 Å². The molecule has 2 nitrogen and oxygen atoms in total. The lowest BCUT2D eigenvalue weighted by atomic mass is 9.84. The summed E-state index contributed by atoms with van der Waals surface area (Å²) in [5.41, 5.74) is 1.06. The molecule has 0 heterocycles. The quantitative estimate of drug-likeness (QED) is 0.727. The summed E-state index contributed by atoms with van der Waals surface area (Å²) in [5, 5.41) is 4.50. The minimum atomic E-state index is -0.131. The fourth-order valence-corrected chi connectivity index (χ4v) is 3.03. The highest BCUT2D eigenvalue weighted by atomic mass is 35.5. The molecule has 114 valence electrons. The van der Waals surface area contributed by atoms with E-state index in [9.17, 15) is 0 Å². The predicted octanol–water partition coefficient (Wildman–Crippen LogP) is 4.46. The summed E-state index contributed by atoms with van der Waals surface area (Å²) in [7, 11) is 1.82. The maximum Gasteiger partial charge on any atom is 0.0828 e. The monoisotopic (exact) mass is 297 g/mol. The molecule has 0 aliphatic rings. The second kappa shape index (κ2) is 8.66. The second-order valence-corrected chi connectivity index (χ2v) is 5.69. The molecule has 1 aromatic carbocycles. The van der Waals surface area contributed by atoms with Crippen molar-refractivity contribution in [2.45, 2.75) is 58.1 Å². The zero-order chi connectivity index (χ0) is 15.0. The Kier molecular flexibility index (Phi) is 7.57. The molecule has 0 aliphatic carbocycles. The molecule has 0 aromatic heterocycles. The first-order valence-corrected chi connectivity index (χ1v) is 8.03. The average Bonchev–Trinajstić information content (AvgIpc) is 2.48. The van der Waals surface area contributed by atoms with Crippen LogP contribution < -0.4 is 5.32 Å². The van der Waals surface area contributed by atoms with E-state index in [2.05, 4.69) is 32.2 Å². The fourth-order valence-electron chi connectivity index (χ4n) is 2.82. The number of nitrogens with one attached hydrogen (secondary N) is 1. The first-order chi connectivity index (χ1) is 9.63. The summed E-state index contributed by atoms with van der Waals surface area (Å²) in [6, 6.07) is 8.37. The Hall–Kier alpha value is -0.570. The molecule has 1 unspecified atom stereocenters. The summed E-state index contributed by atoms with van der Waals surface area (Å²) >= 11 is 6.31. The molecule has 0 radical (unpaired) electrons. The summed E-state index contributed by atoms with van der Waals surface area (Å²) < 4.78 is 5.90. The van der Waals surface area contributed by atoms with E-state index in [1.807, 2.05) is 25.3 Å². The molecule has 0 saturated heterocycles. The van der Waals surface area contributed by atoms with Crippen LogP contribution in [0.5, 0.6) is 0 Å². The molecule has 0 amide bonds. The van der Waals surface area contributed by atoms with Crippen molar-refractivity contribution >= 4 is 11.6 Å². The largest absolute Gasteiger partial charge is 0.377 e. The van der Waals surface area contributed by atoms with Crippen LogP contribution in [0, 0.1) is 0 Å². The highest BCUT2D eigenvalue weighted by Gasteiger charge is 2.35. The van der Waals surface area contributed by atoms with Crippen LogP contribution in [0.1, 0.15) is 45.6 Å². The maximum absolute atomic E-state index is 6.31. The van der Waals surface area contributed by atoms with Gasteiger partial charge in [-0.3, -0.25) is 0 Å². The number of ether oxygens (including phenoxy) is 1. The summed E-state index contributed by atoms with van der Waals surface area (Å²) in [5.74, 6) is 0. The predicted molar refractivity (Wildman–Crippen MR) is 87.6 cm³/mol. The highest BCUT2D eigenvalue weighted by molar-refractivity contribution is 6.31. The van der Waals surface area contributed by atoms with Gasteiger partial charge in [-0.05, 0) is 43.9 Å². The minimum absolute atomic E-state index is 0.131. The number of halogens is 1. The number of methoxy groups -OCH3 is 1. The van der Waals surface area contributed by atoms with Crippen LogP contribution in [0.2, 0.25) is 5.02 Å². The average molecular weight is 298 g/mol. The lowest BCUT2D eigenvalue weighted by Crippen LogP contribution is -2.53. The van der Waals surface area contributed by atoms with Gasteiger partial charge in [-0.2, -0.15) is 0 Å². The normalized spacial score (nSPS) is 13.4. The van der Waals surface area contributed by atoms with Crippen molar-refractivity contribution in [3.8, 4) is 0 Å². The summed E-state index contributed by atoms with van der Waals surface area (Å²) in [6.07, 6.45) is 4.00. The van der Waals surface area contributed by atoms with Gasteiger partial charge in [-0.25, -0.2) is 0 Å². The van der Waals surface area contributed by atoms with Gasteiger partial charge >= 0.3 is 0 Å². The SMILES string of the molecule is CCCNC(Cc1ccccc1Cl)C(CC)(CC)OC. The molecule has 0 bridgehead atoms. The number of hydrogen-bond donors (Lipinski definition) is 1. The van der Waals surface area contributed by atoms with Crippen LogP contribution >= 0.6 is 11.6 Å². The minimum Gasteiger partial charge on any atom is -0.377 e. The van der Waals surface area contributed by atoms with Crippen LogP contribution in [-0.4, -0.2) is 25.3 Å². The van der Waals surface area contributed by atoms with E-state index in [1.54, 1.807) is 0 Å². The molecule has 0 spiro atoms. The van der Waals surface area contributed by atoms with Crippen molar-refractivity contribution in [2.24, 2.45) is 0 Å². The number of benzene rings is 1. The van der Waals surface area contributed by atoms with Crippen LogP contribution in [-0.2, 0) is 11.2 Å². The maximum atomic E-state index is 6.31. The molecule has 0 aliphatic heterocycles. The first-order valence-electron chi connectivity index (χ1n) is 7.65. The molecule has 1 atom stereocenters. The van der Waals surface area contributed by atoms with Crippen molar-refractivity contribution in [1.29, 1.82) is 0 Å².